The molecule has 28 heavy (non-hydrogen) atoms. The lowest BCUT2D eigenvalue weighted by Gasteiger charge is -2.32. The van der Waals surface area contributed by atoms with Gasteiger partial charge in [-0.1, -0.05) is 24.4 Å². The molecule has 150 valence electrons. The highest BCUT2D eigenvalue weighted by Gasteiger charge is 2.46. The van der Waals surface area contributed by atoms with Gasteiger partial charge in [0.1, 0.15) is 11.2 Å². The SMILES string of the molecule is COc1ccc(-c2noc(C3(C(=O)NCC4CCNC4)CCCCC3)n2)cc1. The summed E-state index contributed by atoms with van der Waals surface area (Å²) >= 11 is 0. The van der Waals surface area contributed by atoms with Crippen LogP contribution in [0.1, 0.15) is 44.4 Å². The first-order valence-corrected chi connectivity index (χ1v) is 10.2. The molecular weight excluding hydrogens is 356 g/mol. The van der Waals surface area contributed by atoms with Gasteiger partial charge in [-0.15, -0.1) is 0 Å². The summed E-state index contributed by atoms with van der Waals surface area (Å²) < 4.78 is 10.8. The molecule has 2 aliphatic rings. The molecule has 2 heterocycles. The third-order valence-corrected chi connectivity index (χ3v) is 6.04. The van der Waals surface area contributed by atoms with Crippen LogP contribution in [0.2, 0.25) is 0 Å². The molecule has 1 unspecified atom stereocenters. The smallest absolute Gasteiger partial charge is 0.242 e. The van der Waals surface area contributed by atoms with Crippen molar-refractivity contribution < 1.29 is 14.1 Å². The number of hydrogen-bond acceptors (Lipinski definition) is 6. The first-order valence-electron chi connectivity index (χ1n) is 10.2. The maximum absolute atomic E-state index is 13.2. The fourth-order valence-corrected chi connectivity index (χ4v) is 4.26. The van der Waals surface area contributed by atoms with Gasteiger partial charge in [0.15, 0.2) is 0 Å². The largest absolute Gasteiger partial charge is 0.497 e. The van der Waals surface area contributed by atoms with E-state index in [0.29, 0.717) is 24.2 Å². The Kier molecular flexibility index (Phi) is 5.62. The van der Waals surface area contributed by atoms with Crippen molar-refractivity contribution in [3.63, 3.8) is 0 Å². The normalized spacial score (nSPS) is 21.4. The molecule has 1 aromatic carbocycles. The van der Waals surface area contributed by atoms with Crippen LogP contribution in [0, 0.1) is 5.92 Å². The number of amides is 1. The number of nitrogens with one attached hydrogen (secondary N) is 2. The van der Waals surface area contributed by atoms with E-state index in [9.17, 15) is 4.79 Å². The Hall–Kier alpha value is -2.41. The van der Waals surface area contributed by atoms with E-state index in [1.165, 1.54) is 0 Å². The van der Waals surface area contributed by atoms with Crippen LogP contribution in [-0.2, 0) is 10.2 Å². The summed E-state index contributed by atoms with van der Waals surface area (Å²) in [7, 11) is 1.63. The molecule has 7 heteroatoms. The molecule has 1 saturated carbocycles. The Bertz CT molecular complexity index is 790. The second-order valence-corrected chi connectivity index (χ2v) is 7.86. The van der Waals surface area contributed by atoms with Crippen molar-refractivity contribution in [1.82, 2.24) is 20.8 Å². The molecule has 2 aromatic rings. The first-order chi connectivity index (χ1) is 13.7. The van der Waals surface area contributed by atoms with Crippen molar-refractivity contribution >= 4 is 5.91 Å². The molecule has 1 aromatic heterocycles. The van der Waals surface area contributed by atoms with Crippen LogP contribution in [0.25, 0.3) is 11.4 Å². The molecule has 1 aliphatic carbocycles. The van der Waals surface area contributed by atoms with Crippen LogP contribution in [0.15, 0.2) is 28.8 Å². The molecule has 1 saturated heterocycles. The first kappa shape index (κ1) is 18.9. The maximum Gasteiger partial charge on any atom is 0.242 e. The molecule has 1 atom stereocenters. The zero-order valence-corrected chi connectivity index (χ0v) is 16.4. The third-order valence-electron chi connectivity index (χ3n) is 6.04. The van der Waals surface area contributed by atoms with Gasteiger partial charge in [0.05, 0.1) is 7.11 Å². The molecule has 2 fully saturated rings. The number of methoxy groups -OCH3 is 1. The zero-order chi connectivity index (χ0) is 19.4. The predicted octanol–water partition coefficient (Wildman–Crippen LogP) is 2.67. The summed E-state index contributed by atoms with van der Waals surface area (Å²) in [4.78, 5) is 17.9. The number of carbonyl (C=O) groups excluding carboxylic acids is 1. The van der Waals surface area contributed by atoms with Crippen LogP contribution in [0.5, 0.6) is 5.75 Å². The molecular formula is C21H28N4O3. The second kappa shape index (κ2) is 8.31. The summed E-state index contributed by atoms with van der Waals surface area (Å²) in [5, 5.41) is 10.7. The van der Waals surface area contributed by atoms with Crippen LogP contribution in [0.4, 0.5) is 0 Å². The molecule has 0 spiro atoms. The number of nitrogens with zero attached hydrogens (tertiary/aromatic N) is 2. The van der Waals surface area contributed by atoms with Crippen molar-refractivity contribution in [1.29, 1.82) is 0 Å². The predicted molar refractivity (Wildman–Crippen MR) is 105 cm³/mol. The highest BCUT2D eigenvalue weighted by Crippen LogP contribution is 2.39. The van der Waals surface area contributed by atoms with Crippen molar-refractivity contribution in [2.75, 3.05) is 26.7 Å². The average molecular weight is 384 g/mol. The lowest BCUT2D eigenvalue weighted by Crippen LogP contribution is -2.47. The summed E-state index contributed by atoms with van der Waals surface area (Å²) in [5.41, 5.74) is 0.140. The van der Waals surface area contributed by atoms with E-state index in [4.69, 9.17) is 9.26 Å². The van der Waals surface area contributed by atoms with Crippen molar-refractivity contribution in [3.05, 3.63) is 30.2 Å². The molecule has 1 amide bonds. The van der Waals surface area contributed by atoms with E-state index < -0.39 is 5.41 Å². The van der Waals surface area contributed by atoms with Crippen molar-refractivity contribution in [3.8, 4) is 17.1 Å². The maximum atomic E-state index is 13.2. The van der Waals surface area contributed by atoms with Crippen LogP contribution in [-0.4, -0.2) is 42.8 Å². The number of aromatic nitrogens is 2. The van der Waals surface area contributed by atoms with Gasteiger partial charge in [0.2, 0.25) is 17.6 Å². The van der Waals surface area contributed by atoms with Crippen LogP contribution >= 0.6 is 0 Å². The minimum Gasteiger partial charge on any atom is -0.497 e. The summed E-state index contributed by atoms with van der Waals surface area (Å²) in [6.45, 7) is 2.70. The summed E-state index contributed by atoms with van der Waals surface area (Å²) in [6, 6.07) is 7.52. The van der Waals surface area contributed by atoms with E-state index >= 15 is 0 Å². The van der Waals surface area contributed by atoms with Gasteiger partial charge >= 0.3 is 0 Å². The van der Waals surface area contributed by atoms with E-state index in [1.54, 1.807) is 7.11 Å². The Labute approximate surface area is 165 Å². The van der Waals surface area contributed by atoms with Gasteiger partial charge in [-0.05, 0) is 62.5 Å². The highest BCUT2D eigenvalue weighted by molar-refractivity contribution is 5.87. The third kappa shape index (κ3) is 3.76. The standard InChI is InChI=1S/C21H28N4O3/c1-27-17-7-5-16(6-8-17)18-24-20(28-25-18)21(10-3-2-4-11-21)19(26)23-14-15-9-12-22-13-15/h5-8,15,22H,2-4,9-14H2,1H3,(H,23,26). The lowest BCUT2D eigenvalue weighted by atomic mass is 9.73. The molecule has 7 nitrogen and oxygen atoms in total. The van der Waals surface area contributed by atoms with Gasteiger partial charge < -0.3 is 19.9 Å². The Balaban J connectivity index is 1.55. The van der Waals surface area contributed by atoms with Gasteiger partial charge in [-0.3, -0.25) is 4.79 Å². The van der Waals surface area contributed by atoms with E-state index in [2.05, 4.69) is 20.8 Å². The summed E-state index contributed by atoms with van der Waals surface area (Å²) in [5.74, 6) is 2.26. The molecule has 4 rings (SSSR count). The molecule has 1 aliphatic heterocycles. The van der Waals surface area contributed by atoms with E-state index in [0.717, 1.165) is 62.9 Å². The minimum absolute atomic E-state index is 0.0315. The highest BCUT2D eigenvalue weighted by atomic mass is 16.5. The van der Waals surface area contributed by atoms with Gasteiger partial charge in [-0.2, -0.15) is 4.98 Å². The molecule has 0 radical (unpaired) electrons. The quantitative estimate of drug-likeness (QED) is 0.796. The Morgan fingerprint density at radius 1 is 1.29 bits per heavy atom. The fraction of sp³-hybridized carbons (Fsp3) is 0.571. The fourth-order valence-electron chi connectivity index (χ4n) is 4.26. The summed E-state index contributed by atoms with van der Waals surface area (Å²) in [6.07, 6.45) is 5.76. The van der Waals surface area contributed by atoms with Crippen LogP contribution in [0.3, 0.4) is 0 Å². The van der Waals surface area contributed by atoms with Crippen molar-refractivity contribution in [2.24, 2.45) is 5.92 Å². The van der Waals surface area contributed by atoms with Gasteiger partial charge in [0.25, 0.3) is 0 Å². The molecule has 2 N–H and O–H groups in total. The van der Waals surface area contributed by atoms with Crippen LogP contribution < -0.4 is 15.4 Å². The minimum atomic E-state index is -0.706. The lowest BCUT2D eigenvalue weighted by molar-refractivity contribution is -0.129. The van der Waals surface area contributed by atoms with E-state index in [-0.39, 0.29) is 5.91 Å². The number of rotatable bonds is 6. The van der Waals surface area contributed by atoms with E-state index in [1.807, 2.05) is 24.3 Å². The zero-order valence-electron chi connectivity index (χ0n) is 16.4. The number of ether oxygens (including phenoxy) is 1. The topological polar surface area (TPSA) is 89.3 Å². The second-order valence-electron chi connectivity index (χ2n) is 7.86. The Morgan fingerprint density at radius 3 is 2.75 bits per heavy atom. The average Bonchev–Trinajstić information content (AvgIpc) is 3.45. The molecule has 0 bridgehead atoms. The Morgan fingerprint density at radius 2 is 2.07 bits per heavy atom. The monoisotopic (exact) mass is 384 g/mol. The number of hydrogen-bond donors (Lipinski definition) is 2. The van der Waals surface area contributed by atoms with Gasteiger partial charge in [-0.25, -0.2) is 0 Å². The number of carbonyl (C=O) groups is 1. The number of benzene rings is 1. The van der Waals surface area contributed by atoms with Crippen molar-refractivity contribution in [2.45, 2.75) is 43.9 Å². The van der Waals surface area contributed by atoms with Gasteiger partial charge in [0, 0.05) is 12.1 Å².